The Balaban J connectivity index is 2.76. The van der Waals surface area contributed by atoms with Crippen LogP contribution in [-0.4, -0.2) is 34.8 Å². The third kappa shape index (κ3) is 3.88. The smallest absolute Gasteiger partial charge is 0.382 e. The molecule has 10 heteroatoms. The molecule has 6 nitrogen and oxygen atoms in total. The van der Waals surface area contributed by atoms with E-state index in [2.05, 4.69) is 0 Å². The quantitative estimate of drug-likeness (QED) is 0.499. The normalized spacial score (nSPS) is 12.8. The zero-order valence-electron chi connectivity index (χ0n) is 9.65. The van der Waals surface area contributed by atoms with Gasteiger partial charge in [-0.05, 0) is 6.07 Å². The summed E-state index contributed by atoms with van der Waals surface area (Å²) in [6.45, 7) is -1.15. The fourth-order valence-electron chi connectivity index (χ4n) is 1.20. The fourth-order valence-corrected chi connectivity index (χ4v) is 1.20. The molecular weight excluding hydrogens is 288 g/mol. The van der Waals surface area contributed by atoms with Crippen molar-refractivity contribution in [1.29, 1.82) is 0 Å². The Morgan fingerprint density at radius 2 is 2.05 bits per heavy atom. The molecule has 2 N–H and O–H groups in total. The van der Waals surface area contributed by atoms with E-state index in [-0.39, 0.29) is 0 Å². The first kappa shape index (κ1) is 15.8. The lowest BCUT2D eigenvalue weighted by atomic mass is 10.1. The van der Waals surface area contributed by atoms with Gasteiger partial charge in [0.05, 0.1) is 23.1 Å². The van der Waals surface area contributed by atoms with Crippen molar-refractivity contribution in [3.05, 3.63) is 39.7 Å². The highest BCUT2D eigenvalue weighted by molar-refractivity contribution is 5.94. The molecule has 110 valence electrons. The molecule has 0 aliphatic rings. The van der Waals surface area contributed by atoms with Gasteiger partial charge in [0.15, 0.2) is 6.10 Å². The minimum atomic E-state index is -4.92. The van der Waals surface area contributed by atoms with Crippen molar-refractivity contribution < 1.29 is 32.4 Å². The third-order valence-electron chi connectivity index (χ3n) is 2.24. The minimum absolute atomic E-state index is 0.467. The van der Waals surface area contributed by atoms with E-state index in [4.69, 9.17) is 5.11 Å². The fraction of sp³-hybridized carbons (Fsp3) is 0.300. The van der Waals surface area contributed by atoms with Crippen LogP contribution in [0.4, 0.5) is 23.2 Å². The molecule has 0 bridgehead atoms. The number of carbonyl (C=O) groups excluding carboxylic acids is 1. The summed E-state index contributed by atoms with van der Waals surface area (Å²) in [5, 5.41) is 20.7. The minimum Gasteiger partial charge on any atom is -0.382 e. The standard InChI is InChI=1S/C10H8F4N2O4/c11-7-3-5(16(19)20)1-2-6(7)9(18)15-4-8(17)10(12,13)14/h1-3,8,17H,4H2,(H,15,18). The summed E-state index contributed by atoms with van der Waals surface area (Å²) in [7, 11) is 0. The highest BCUT2D eigenvalue weighted by Crippen LogP contribution is 2.20. The van der Waals surface area contributed by atoms with Gasteiger partial charge in [-0.25, -0.2) is 4.39 Å². The van der Waals surface area contributed by atoms with Gasteiger partial charge in [-0.15, -0.1) is 0 Å². The topological polar surface area (TPSA) is 92.5 Å². The number of non-ortho nitro benzene ring substituents is 1. The summed E-state index contributed by atoms with van der Waals surface area (Å²) >= 11 is 0. The van der Waals surface area contributed by atoms with E-state index in [0.717, 1.165) is 12.1 Å². The van der Waals surface area contributed by atoms with E-state index in [1.165, 1.54) is 0 Å². The largest absolute Gasteiger partial charge is 0.416 e. The number of hydrogen-bond donors (Lipinski definition) is 2. The van der Waals surface area contributed by atoms with E-state index >= 15 is 0 Å². The Kier molecular flexibility index (Phi) is 4.61. The molecule has 1 atom stereocenters. The maximum atomic E-state index is 13.4. The number of rotatable bonds is 4. The summed E-state index contributed by atoms with van der Waals surface area (Å²) in [6.07, 6.45) is -7.70. The molecule has 1 aromatic rings. The number of nitro groups is 1. The Hall–Kier alpha value is -2.23. The molecule has 0 saturated heterocycles. The predicted octanol–water partition coefficient (Wildman–Crippen LogP) is 1.39. The number of nitrogens with one attached hydrogen (secondary N) is 1. The van der Waals surface area contributed by atoms with Gasteiger partial charge < -0.3 is 10.4 Å². The van der Waals surface area contributed by atoms with Gasteiger partial charge in [0.2, 0.25) is 0 Å². The van der Waals surface area contributed by atoms with Crippen LogP contribution in [-0.2, 0) is 0 Å². The van der Waals surface area contributed by atoms with Gasteiger partial charge in [0, 0.05) is 6.07 Å². The number of halogens is 4. The summed E-state index contributed by atoms with van der Waals surface area (Å²) in [6, 6.07) is 2.07. The number of amides is 1. The third-order valence-corrected chi connectivity index (χ3v) is 2.24. The molecule has 0 saturated carbocycles. The molecule has 0 aliphatic heterocycles. The maximum Gasteiger partial charge on any atom is 0.416 e. The molecule has 0 fully saturated rings. The predicted molar refractivity (Wildman–Crippen MR) is 57.4 cm³/mol. The monoisotopic (exact) mass is 296 g/mol. The molecule has 1 aromatic carbocycles. The zero-order valence-corrected chi connectivity index (χ0v) is 9.65. The first-order chi connectivity index (χ1) is 9.12. The molecule has 0 spiro atoms. The Bertz CT molecular complexity index is 532. The van der Waals surface area contributed by atoms with E-state index in [1.54, 1.807) is 5.32 Å². The molecule has 1 unspecified atom stereocenters. The number of aliphatic hydroxyl groups is 1. The number of alkyl halides is 3. The first-order valence-electron chi connectivity index (χ1n) is 5.10. The lowest BCUT2D eigenvalue weighted by molar-refractivity contribution is -0.385. The molecule has 1 rings (SSSR count). The van der Waals surface area contributed by atoms with Crippen LogP contribution in [0.2, 0.25) is 0 Å². The average Bonchev–Trinajstić information content (AvgIpc) is 2.33. The average molecular weight is 296 g/mol. The van der Waals surface area contributed by atoms with Crippen LogP contribution in [0.1, 0.15) is 10.4 Å². The second-order valence-corrected chi connectivity index (χ2v) is 3.69. The highest BCUT2D eigenvalue weighted by Gasteiger charge is 2.38. The molecule has 0 aromatic heterocycles. The Morgan fingerprint density at radius 1 is 1.45 bits per heavy atom. The molecule has 1 amide bonds. The zero-order chi connectivity index (χ0) is 15.5. The Labute approximate surface area is 109 Å². The van der Waals surface area contributed by atoms with Gasteiger partial charge in [0.25, 0.3) is 11.6 Å². The van der Waals surface area contributed by atoms with Crippen LogP contribution in [0.25, 0.3) is 0 Å². The SMILES string of the molecule is O=C(NCC(O)C(F)(F)F)c1ccc([N+](=O)[O-])cc1F. The van der Waals surface area contributed by atoms with Crippen molar-refractivity contribution in [2.75, 3.05) is 6.54 Å². The van der Waals surface area contributed by atoms with Crippen LogP contribution in [0.5, 0.6) is 0 Å². The van der Waals surface area contributed by atoms with Crippen LogP contribution in [0, 0.1) is 15.9 Å². The molecular formula is C10H8F4N2O4. The number of aliphatic hydroxyl groups excluding tert-OH is 1. The van der Waals surface area contributed by atoms with Crippen molar-refractivity contribution >= 4 is 11.6 Å². The second-order valence-electron chi connectivity index (χ2n) is 3.69. The van der Waals surface area contributed by atoms with Crippen LogP contribution >= 0.6 is 0 Å². The van der Waals surface area contributed by atoms with Crippen LogP contribution < -0.4 is 5.32 Å². The summed E-state index contributed by atoms with van der Waals surface area (Å²) < 4.78 is 49.3. The Morgan fingerprint density at radius 3 is 2.50 bits per heavy atom. The van der Waals surface area contributed by atoms with Crippen molar-refractivity contribution in [3.8, 4) is 0 Å². The maximum absolute atomic E-state index is 13.4. The molecule has 0 radical (unpaired) electrons. The first-order valence-corrected chi connectivity index (χ1v) is 5.10. The summed E-state index contributed by atoms with van der Waals surface area (Å²) in [4.78, 5) is 20.8. The number of benzene rings is 1. The van der Waals surface area contributed by atoms with E-state index in [0.29, 0.717) is 6.07 Å². The van der Waals surface area contributed by atoms with Gasteiger partial charge >= 0.3 is 6.18 Å². The summed E-state index contributed by atoms with van der Waals surface area (Å²) in [5.41, 5.74) is -1.26. The van der Waals surface area contributed by atoms with E-state index < -0.39 is 46.7 Å². The van der Waals surface area contributed by atoms with Crippen LogP contribution in [0.15, 0.2) is 18.2 Å². The number of nitro benzene ring substituents is 1. The summed E-state index contributed by atoms with van der Waals surface area (Å²) in [5.74, 6) is -2.47. The van der Waals surface area contributed by atoms with Gasteiger partial charge in [0.1, 0.15) is 5.82 Å². The van der Waals surface area contributed by atoms with Crippen molar-refractivity contribution in [2.45, 2.75) is 12.3 Å². The number of carbonyl (C=O) groups is 1. The van der Waals surface area contributed by atoms with Crippen LogP contribution in [0.3, 0.4) is 0 Å². The molecule has 20 heavy (non-hydrogen) atoms. The number of hydrogen-bond acceptors (Lipinski definition) is 4. The number of nitrogens with zero attached hydrogens (tertiary/aromatic N) is 1. The van der Waals surface area contributed by atoms with Gasteiger partial charge in [-0.3, -0.25) is 14.9 Å². The molecule has 0 aliphatic carbocycles. The van der Waals surface area contributed by atoms with Gasteiger partial charge in [-0.2, -0.15) is 13.2 Å². The van der Waals surface area contributed by atoms with Gasteiger partial charge in [-0.1, -0.05) is 0 Å². The lowest BCUT2D eigenvalue weighted by Gasteiger charge is -2.15. The van der Waals surface area contributed by atoms with Crippen molar-refractivity contribution in [3.63, 3.8) is 0 Å². The lowest BCUT2D eigenvalue weighted by Crippen LogP contribution is -2.40. The second kappa shape index (κ2) is 5.82. The highest BCUT2D eigenvalue weighted by atomic mass is 19.4. The van der Waals surface area contributed by atoms with Crippen molar-refractivity contribution in [1.82, 2.24) is 5.32 Å². The van der Waals surface area contributed by atoms with Crippen molar-refractivity contribution in [2.24, 2.45) is 0 Å². The van der Waals surface area contributed by atoms with E-state index in [9.17, 15) is 32.5 Å². The molecule has 0 heterocycles. The van der Waals surface area contributed by atoms with E-state index in [1.807, 2.05) is 0 Å².